The molecule has 0 radical (unpaired) electrons. The Kier molecular flexibility index (Phi) is 4.18. The molecular weight excluding hydrogens is 254 g/mol. The Labute approximate surface area is 120 Å². The maximum atomic E-state index is 12.2. The standard InChI is InChI=1S/C15H23N3O2/c1-17(2)13-7-5-4-6-12(13)16-14(20)18(3)10-15(11-19)8-9-15/h4-7,19H,8-11H2,1-3H3,(H,16,20). The maximum absolute atomic E-state index is 12.2. The molecule has 1 saturated carbocycles. The van der Waals surface area contributed by atoms with Crippen molar-refractivity contribution in [2.24, 2.45) is 5.41 Å². The van der Waals surface area contributed by atoms with Crippen molar-refractivity contribution in [1.29, 1.82) is 0 Å². The highest BCUT2D eigenvalue weighted by Crippen LogP contribution is 2.45. The minimum atomic E-state index is -0.140. The Hall–Kier alpha value is -1.75. The SMILES string of the molecule is CN(CC1(CO)CC1)C(=O)Nc1ccccc1N(C)C. The number of urea groups is 1. The zero-order valence-corrected chi connectivity index (χ0v) is 12.4. The first-order valence-electron chi connectivity index (χ1n) is 6.87. The van der Waals surface area contributed by atoms with Crippen LogP contribution in [0.2, 0.25) is 0 Å². The molecular formula is C15H23N3O2. The molecule has 1 fully saturated rings. The van der Waals surface area contributed by atoms with Crippen LogP contribution in [0.3, 0.4) is 0 Å². The van der Waals surface area contributed by atoms with Crippen LogP contribution in [0.25, 0.3) is 0 Å². The molecule has 0 heterocycles. The molecule has 2 amide bonds. The summed E-state index contributed by atoms with van der Waals surface area (Å²) in [7, 11) is 5.66. The number of anilines is 2. The van der Waals surface area contributed by atoms with Crippen LogP contribution in [0.1, 0.15) is 12.8 Å². The summed E-state index contributed by atoms with van der Waals surface area (Å²) < 4.78 is 0. The second-order valence-electron chi connectivity index (χ2n) is 5.86. The smallest absolute Gasteiger partial charge is 0.321 e. The normalized spacial score (nSPS) is 15.6. The molecule has 2 rings (SSSR count). The van der Waals surface area contributed by atoms with Gasteiger partial charge in [-0.25, -0.2) is 4.79 Å². The molecule has 1 aliphatic carbocycles. The molecule has 20 heavy (non-hydrogen) atoms. The molecule has 0 aliphatic heterocycles. The summed E-state index contributed by atoms with van der Waals surface area (Å²) in [6, 6.07) is 7.56. The fourth-order valence-corrected chi connectivity index (χ4v) is 2.30. The van der Waals surface area contributed by atoms with E-state index in [1.165, 1.54) is 0 Å². The highest BCUT2D eigenvalue weighted by molar-refractivity contribution is 5.93. The third kappa shape index (κ3) is 3.22. The summed E-state index contributed by atoms with van der Waals surface area (Å²) in [5.41, 5.74) is 1.70. The summed E-state index contributed by atoms with van der Waals surface area (Å²) >= 11 is 0. The number of benzene rings is 1. The van der Waals surface area contributed by atoms with Crippen LogP contribution in [0, 0.1) is 5.41 Å². The number of hydrogen-bond donors (Lipinski definition) is 2. The summed E-state index contributed by atoms with van der Waals surface area (Å²) in [6.07, 6.45) is 1.99. The molecule has 0 bridgehead atoms. The zero-order valence-electron chi connectivity index (χ0n) is 12.4. The quantitative estimate of drug-likeness (QED) is 0.865. The van der Waals surface area contributed by atoms with E-state index in [4.69, 9.17) is 0 Å². The van der Waals surface area contributed by atoms with Gasteiger partial charge in [0, 0.05) is 33.1 Å². The fourth-order valence-electron chi connectivity index (χ4n) is 2.30. The minimum Gasteiger partial charge on any atom is -0.396 e. The van der Waals surface area contributed by atoms with Crippen LogP contribution in [-0.4, -0.2) is 50.3 Å². The molecule has 0 atom stereocenters. The second-order valence-corrected chi connectivity index (χ2v) is 5.86. The number of aliphatic hydroxyl groups excluding tert-OH is 1. The van der Waals surface area contributed by atoms with Crippen LogP contribution in [0.4, 0.5) is 16.2 Å². The second kappa shape index (κ2) is 5.71. The molecule has 1 aliphatic rings. The number of nitrogens with zero attached hydrogens (tertiary/aromatic N) is 2. The van der Waals surface area contributed by atoms with Crippen molar-refractivity contribution in [3.63, 3.8) is 0 Å². The minimum absolute atomic E-state index is 0.0623. The van der Waals surface area contributed by atoms with Gasteiger partial charge >= 0.3 is 6.03 Å². The summed E-state index contributed by atoms with van der Waals surface area (Å²) in [5.74, 6) is 0. The molecule has 1 aromatic carbocycles. The molecule has 5 nitrogen and oxygen atoms in total. The molecule has 0 unspecified atom stereocenters. The molecule has 1 aromatic rings. The maximum Gasteiger partial charge on any atom is 0.321 e. The lowest BCUT2D eigenvalue weighted by Gasteiger charge is -2.24. The first-order valence-corrected chi connectivity index (χ1v) is 6.87. The van der Waals surface area contributed by atoms with Gasteiger partial charge in [-0.2, -0.15) is 0 Å². The van der Waals surface area contributed by atoms with Crippen molar-refractivity contribution in [2.75, 3.05) is 44.5 Å². The number of amides is 2. The topological polar surface area (TPSA) is 55.8 Å². The van der Waals surface area contributed by atoms with Crippen molar-refractivity contribution in [2.45, 2.75) is 12.8 Å². The third-order valence-electron chi connectivity index (χ3n) is 3.84. The van der Waals surface area contributed by atoms with Gasteiger partial charge in [0.05, 0.1) is 18.0 Å². The van der Waals surface area contributed by atoms with Crippen LogP contribution in [0.5, 0.6) is 0 Å². The van der Waals surface area contributed by atoms with Gasteiger partial charge in [0.25, 0.3) is 0 Å². The van der Waals surface area contributed by atoms with Gasteiger partial charge in [-0.05, 0) is 25.0 Å². The van der Waals surface area contributed by atoms with Gasteiger partial charge in [-0.3, -0.25) is 0 Å². The average Bonchev–Trinajstić information content (AvgIpc) is 3.19. The van der Waals surface area contributed by atoms with Crippen LogP contribution in [-0.2, 0) is 0 Å². The lowest BCUT2D eigenvalue weighted by molar-refractivity contribution is 0.168. The van der Waals surface area contributed by atoms with Gasteiger partial charge < -0.3 is 20.2 Å². The van der Waals surface area contributed by atoms with Gasteiger partial charge in [0.2, 0.25) is 0 Å². The van der Waals surface area contributed by atoms with Gasteiger partial charge in [0.15, 0.2) is 0 Å². The van der Waals surface area contributed by atoms with E-state index in [1.54, 1.807) is 11.9 Å². The molecule has 110 valence electrons. The first kappa shape index (κ1) is 14.7. The molecule has 0 spiro atoms. The fraction of sp³-hybridized carbons (Fsp3) is 0.533. The van der Waals surface area contributed by atoms with E-state index in [0.717, 1.165) is 24.2 Å². The van der Waals surface area contributed by atoms with Gasteiger partial charge in [0.1, 0.15) is 0 Å². The lowest BCUT2D eigenvalue weighted by Crippen LogP contribution is -2.37. The Morgan fingerprint density at radius 2 is 1.95 bits per heavy atom. The van der Waals surface area contributed by atoms with E-state index in [1.807, 2.05) is 43.3 Å². The Morgan fingerprint density at radius 1 is 1.30 bits per heavy atom. The first-order chi connectivity index (χ1) is 9.47. The van der Waals surface area contributed by atoms with Crippen molar-refractivity contribution in [3.8, 4) is 0 Å². The van der Waals surface area contributed by atoms with E-state index in [2.05, 4.69) is 5.32 Å². The van der Waals surface area contributed by atoms with E-state index >= 15 is 0 Å². The number of carbonyl (C=O) groups excluding carboxylic acids is 1. The number of rotatable bonds is 5. The average molecular weight is 277 g/mol. The summed E-state index contributed by atoms with van der Waals surface area (Å²) in [6.45, 7) is 0.748. The number of para-hydroxylation sites is 2. The zero-order chi connectivity index (χ0) is 14.8. The Balaban J connectivity index is 2.01. The van der Waals surface area contributed by atoms with Crippen molar-refractivity contribution >= 4 is 17.4 Å². The number of aliphatic hydroxyl groups is 1. The highest BCUT2D eigenvalue weighted by Gasteiger charge is 2.43. The van der Waals surface area contributed by atoms with Crippen molar-refractivity contribution in [1.82, 2.24) is 4.90 Å². The molecule has 0 saturated heterocycles. The van der Waals surface area contributed by atoms with E-state index in [9.17, 15) is 9.90 Å². The predicted octanol–water partition coefficient (Wildman–Crippen LogP) is 1.99. The predicted molar refractivity (Wildman–Crippen MR) is 81.2 cm³/mol. The van der Waals surface area contributed by atoms with Gasteiger partial charge in [-0.1, -0.05) is 12.1 Å². The van der Waals surface area contributed by atoms with Gasteiger partial charge in [-0.15, -0.1) is 0 Å². The number of nitrogens with one attached hydrogen (secondary N) is 1. The Bertz CT molecular complexity index is 484. The highest BCUT2D eigenvalue weighted by atomic mass is 16.3. The lowest BCUT2D eigenvalue weighted by atomic mass is 10.1. The summed E-state index contributed by atoms with van der Waals surface area (Å²) in [5, 5.41) is 12.3. The third-order valence-corrected chi connectivity index (χ3v) is 3.84. The molecule has 5 heteroatoms. The van der Waals surface area contributed by atoms with Crippen molar-refractivity contribution in [3.05, 3.63) is 24.3 Å². The van der Waals surface area contributed by atoms with Crippen LogP contribution < -0.4 is 10.2 Å². The number of carbonyl (C=O) groups is 1. The Morgan fingerprint density at radius 3 is 2.50 bits per heavy atom. The van der Waals surface area contributed by atoms with E-state index < -0.39 is 0 Å². The number of hydrogen-bond acceptors (Lipinski definition) is 3. The molecule has 2 N–H and O–H groups in total. The summed E-state index contributed by atoms with van der Waals surface area (Å²) in [4.78, 5) is 15.8. The van der Waals surface area contributed by atoms with E-state index in [-0.39, 0.29) is 18.1 Å². The van der Waals surface area contributed by atoms with Crippen molar-refractivity contribution < 1.29 is 9.90 Å². The van der Waals surface area contributed by atoms with E-state index in [0.29, 0.717) is 6.54 Å². The monoisotopic (exact) mass is 277 g/mol. The molecule has 0 aromatic heterocycles. The van der Waals surface area contributed by atoms with Crippen LogP contribution in [0.15, 0.2) is 24.3 Å². The van der Waals surface area contributed by atoms with Crippen LogP contribution >= 0.6 is 0 Å². The largest absolute Gasteiger partial charge is 0.396 e.